The normalized spacial score (nSPS) is 15.7. The second-order valence-corrected chi connectivity index (χ2v) is 7.61. The van der Waals surface area contributed by atoms with Crippen LogP contribution < -0.4 is 0 Å². The second kappa shape index (κ2) is 5.85. The Hall–Kier alpha value is -0.870. The van der Waals surface area contributed by atoms with Gasteiger partial charge in [0.05, 0.1) is 11.4 Å². The van der Waals surface area contributed by atoms with E-state index in [0.717, 1.165) is 11.8 Å². The van der Waals surface area contributed by atoms with Gasteiger partial charge in [0.2, 0.25) is 0 Å². The van der Waals surface area contributed by atoms with Crippen molar-refractivity contribution in [2.24, 2.45) is 0 Å². The van der Waals surface area contributed by atoms with Gasteiger partial charge in [0.1, 0.15) is 0 Å². The van der Waals surface area contributed by atoms with E-state index in [0.29, 0.717) is 12.3 Å². The highest BCUT2D eigenvalue weighted by Gasteiger charge is 2.23. The predicted molar refractivity (Wildman–Crippen MR) is 74.5 cm³/mol. The zero-order chi connectivity index (χ0) is 13.9. The van der Waals surface area contributed by atoms with Crippen LogP contribution in [0.25, 0.3) is 0 Å². The van der Waals surface area contributed by atoms with Crippen LogP contribution in [0.5, 0.6) is 0 Å². The molecule has 1 aromatic rings. The van der Waals surface area contributed by atoms with Gasteiger partial charge in [0, 0.05) is 6.26 Å². The summed E-state index contributed by atoms with van der Waals surface area (Å²) in [6, 6.07) is 7.96. The van der Waals surface area contributed by atoms with Crippen molar-refractivity contribution >= 4 is 9.84 Å². The Kier molecular flexibility index (Phi) is 4.93. The molecule has 0 saturated carbocycles. The van der Waals surface area contributed by atoms with Crippen LogP contribution in [0.2, 0.25) is 0 Å². The molecule has 18 heavy (non-hydrogen) atoms. The van der Waals surface area contributed by atoms with Gasteiger partial charge in [-0.05, 0) is 30.4 Å². The van der Waals surface area contributed by atoms with Crippen molar-refractivity contribution in [3.8, 4) is 0 Å². The molecule has 0 aliphatic carbocycles. The molecule has 0 bridgehead atoms. The first-order valence-corrected chi connectivity index (χ1v) is 8.13. The Morgan fingerprint density at radius 3 is 2.00 bits per heavy atom. The van der Waals surface area contributed by atoms with Gasteiger partial charge in [0.25, 0.3) is 0 Å². The molecular formula is C14H22O3S. The van der Waals surface area contributed by atoms with Crippen LogP contribution in [0.1, 0.15) is 37.8 Å². The predicted octanol–water partition coefficient (Wildman–Crippen LogP) is 2.15. The summed E-state index contributed by atoms with van der Waals surface area (Å²) in [5, 5.41) is 9.17. The highest BCUT2D eigenvalue weighted by atomic mass is 32.2. The molecule has 1 aromatic carbocycles. The standard InChI is InChI=1S/C14H22O3S/c1-10(2)13-7-5-12(6-8-13)9-14(15)11(3)18(4,16)17/h5-8,10-11,14-15H,9H2,1-4H3. The van der Waals surface area contributed by atoms with E-state index in [4.69, 9.17) is 0 Å². The molecular weight excluding hydrogens is 248 g/mol. The maximum atomic E-state index is 11.3. The van der Waals surface area contributed by atoms with Crippen LogP contribution in [0.4, 0.5) is 0 Å². The average Bonchev–Trinajstić information content (AvgIpc) is 2.27. The van der Waals surface area contributed by atoms with Gasteiger partial charge >= 0.3 is 0 Å². The molecule has 3 nitrogen and oxygen atoms in total. The first kappa shape index (κ1) is 15.2. The zero-order valence-corrected chi connectivity index (χ0v) is 12.2. The molecule has 0 aliphatic rings. The van der Waals surface area contributed by atoms with Gasteiger partial charge in [-0.3, -0.25) is 0 Å². The fourth-order valence-corrected chi connectivity index (χ4v) is 2.40. The van der Waals surface area contributed by atoms with E-state index in [2.05, 4.69) is 13.8 Å². The highest BCUT2D eigenvalue weighted by Crippen LogP contribution is 2.17. The van der Waals surface area contributed by atoms with E-state index in [9.17, 15) is 13.5 Å². The number of hydrogen-bond acceptors (Lipinski definition) is 3. The number of hydrogen-bond donors (Lipinski definition) is 1. The zero-order valence-electron chi connectivity index (χ0n) is 11.4. The van der Waals surface area contributed by atoms with Crippen molar-refractivity contribution < 1.29 is 13.5 Å². The third-order valence-electron chi connectivity index (χ3n) is 3.31. The maximum absolute atomic E-state index is 11.3. The Morgan fingerprint density at radius 1 is 1.11 bits per heavy atom. The number of sulfone groups is 1. The smallest absolute Gasteiger partial charge is 0.152 e. The van der Waals surface area contributed by atoms with Crippen LogP contribution in [0.15, 0.2) is 24.3 Å². The lowest BCUT2D eigenvalue weighted by molar-refractivity contribution is 0.173. The minimum absolute atomic E-state index is 0.368. The van der Waals surface area contributed by atoms with Gasteiger partial charge in [-0.2, -0.15) is 0 Å². The van der Waals surface area contributed by atoms with Crippen LogP contribution in [0.3, 0.4) is 0 Å². The molecule has 0 aliphatic heterocycles. The Morgan fingerprint density at radius 2 is 1.61 bits per heavy atom. The topological polar surface area (TPSA) is 54.4 Å². The van der Waals surface area contributed by atoms with Gasteiger partial charge in [0.15, 0.2) is 9.84 Å². The summed E-state index contributed by atoms with van der Waals surface area (Å²) in [4.78, 5) is 0. The van der Waals surface area contributed by atoms with Crippen molar-refractivity contribution in [2.75, 3.05) is 6.26 Å². The minimum atomic E-state index is -3.19. The van der Waals surface area contributed by atoms with Crippen LogP contribution >= 0.6 is 0 Å². The third-order valence-corrected chi connectivity index (χ3v) is 4.97. The minimum Gasteiger partial charge on any atom is -0.391 e. The summed E-state index contributed by atoms with van der Waals surface area (Å²) in [6.45, 7) is 5.79. The molecule has 0 aromatic heterocycles. The summed E-state index contributed by atoms with van der Waals surface area (Å²) in [5.41, 5.74) is 2.20. The summed E-state index contributed by atoms with van der Waals surface area (Å²) < 4.78 is 22.7. The molecule has 0 heterocycles. The van der Waals surface area contributed by atoms with Crippen molar-refractivity contribution in [3.05, 3.63) is 35.4 Å². The quantitative estimate of drug-likeness (QED) is 0.892. The summed E-state index contributed by atoms with van der Waals surface area (Å²) in [5.74, 6) is 0.471. The lowest BCUT2D eigenvalue weighted by Crippen LogP contribution is -2.32. The fraction of sp³-hybridized carbons (Fsp3) is 0.571. The molecule has 0 fully saturated rings. The van der Waals surface area contributed by atoms with Gasteiger partial charge in [-0.15, -0.1) is 0 Å². The van der Waals surface area contributed by atoms with E-state index in [1.165, 1.54) is 5.56 Å². The summed E-state index contributed by atoms with van der Waals surface area (Å²) in [7, 11) is -3.19. The maximum Gasteiger partial charge on any atom is 0.152 e. The van der Waals surface area contributed by atoms with Crippen molar-refractivity contribution in [2.45, 2.75) is 44.5 Å². The molecule has 1 rings (SSSR count). The Bertz CT molecular complexity index is 474. The van der Waals surface area contributed by atoms with E-state index < -0.39 is 21.2 Å². The highest BCUT2D eigenvalue weighted by molar-refractivity contribution is 7.91. The van der Waals surface area contributed by atoms with Crippen LogP contribution in [0, 0.1) is 0 Å². The van der Waals surface area contributed by atoms with Crippen molar-refractivity contribution in [1.29, 1.82) is 0 Å². The Labute approximate surface area is 110 Å². The molecule has 0 amide bonds. The number of benzene rings is 1. The van der Waals surface area contributed by atoms with E-state index in [1.54, 1.807) is 6.92 Å². The Balaban J connectivity index is 2.74. The number of aliphatic hydroxyl groups excluding tert-OH is 1. The molecule has 4 heteroatoms. The van der Waals surface area contributed by atoms with E-state index >= 15 is 0 Å². The molecule has 0 saturated heterocycles. The fourth-order valence-electron chi connectivity index (χ4n) is 1.73. The molecule has 2 atom stereocenters. The largest absolute Gasteiger partial charge is 0.391 e. The van der Waals surface area contributed by atoms with Crippen molar-refractivity contribution in [3.63, 3.8) is 0 Å². The summed E-state index contributed by atoms with van der Waals surface area (Å²) >= 11 is 0. The SMILES string of the molecule is CC(C)c1ccc(CC(O)C(C)S(C)(=O)=O)cc1. The monoisotopic (exact) mass is 270 g/mol. The van der Waals surface area contributed by atoms with Crippen LogP contribution in [-0.2, 0) is 16.3 Å². The van der Waals surface area contributed by atoms with E-state index in [1.807, 2.05) is 24.3 Å². The average molecular weight is 270 g/mol. The lowest BCUT2D eigenvalue weighted by atomic mass is 9.99. The molecule has 0 spiro atoms. The lowest BCUT2D eigenvalue weighted by Gasteiger charge is -2.17. The molecule has 2 unspecified atom stereocenters. The first-order valence-electron chi connectivity index (χ1n) is 6.17. The van der Waals surface area contributed by atoms with Gasteiger partial charge in [-0.25, -0.2) is 8.42 Å². The molecule has 102 valence electrons. The van der Waals surface area contributed by atoms with Gasteiger partial charge in [-0.1, -0.05) is 38.1 Å². The second-order valence-electron chi connectivity index (χ2n) is 5.20. The first-order chi connectivity index (χ1) is 8.21. The summed E-state index contributed by atoms with van der Waals surface area (Å²) in [6.07, 6.45) is 0.667. The van der Waals surface area contributed by atoms with Crippen LogP contribution in [-0.4, -0.2) is 31.1 Å². The third kappa shape index (κ3) is 4.10. The number of rotatable bonds is 5. The van der Waals surface area contributed by atoms with E-state index in [-0.39, 0.29) is 0 Å². The molecule has 1 N–H and O–H groups in total. The van der Waals surface area contributed by atoms with Crippen molar-refractivity contribution in [1.82, 2.24) is 0 Å². The number of aliphatic hydroxyl groups is 1. The van der Waals surface area contributed by atoms with Gasteiger partial charge < -0.3 is 5.11 Å². The molecule has 0 radical (unpaired) electrons.